The van der Waals surface area contributed by atoms with E-state index in [1.165, 1.54) is 0 Å². The van der Waals surface area contributed by atoms with Gasteiger partial charge in [0.25, 0.3) is 0 Å². The molecule has 0 fully saturated rings. The Morgan fingerprint density at radius 3 is 3.15 bits per heavy atom. The summed E-state index contributed by atoms with van der Waals surface area (Å²) in [6.45, 7) is 1.78. The van der Waals surface area contributed by atoms with Crippen LogP contribution in [0.5, 0.6) is 0 Å². The lowest BCUT2D eigenvalue weighted by atomic mass is 10.2. The summed E-state index contributed by atoms with van der Waals surface area (Å²) in [6.07, 6.45) is 4.09. The second-order valence-corrected chi connectivity index (χ2v) is 3.23. The molecule has 0 unspecified atom stereocenters. The minimum absolute atomic E-state index is 0.319. The van der Waals surface area contributed by atoms with Crippen LogP contribution in [-0.2, 0) is 6.42 Å². The maximum Gasteiger partial charge on any atom is 0.136 e. The number of imidazole rings is 1. The van der Waals surface area contributed by atoms with Crippen molar-refractivity contribution in [3.05, 3.63) is 36.3 Å². The molecule has 0 aliphatic carbocycles. The molecular formula is C10H12N2O. The number of fused-ring (bicyclic) bond motifs is 1. The van der Waals surface area contributed by atoms with E-state index >= 15 is 0 Å². The monoisotopic (exact) mass is 176 g/mol. The molecule has 1 N–H and O–H groups in total. The Labute approximate surface area is 76.7 Å². The molecule has 2 aromatic rings. The second kappa shape index (κ2) is 3.18. The smallest absolute Gasteiger partial charge is 0.136 e. The molecule has 0 aliphatic heterocycles. The van der Waals surface area contributed by atoms with Gasteiger partial charge < -0.3 is 9.51 Å². The summed E-state index contributed by atoms with van der Waals surface area (Å²) in [5.74, 6) is 0. The van der Waals surface area contributed by atoms with Gasteiger partial charge in [0.15, 0.2) is 0 Å². The Morgan fingerprint density at radius 1 is 1.54 bits per heavy atom. The van der Waals surface area contributed by atoms with Crippen molar-refractivity contribution in [1.29, 1.82) is 0 Å². The largest absolute Gasteiger partial charge is 0.393 e. The van der Waals surface area contributed by atoms with Crippen molar-refractivity contribution >= 4 is 5.65 Å². The lowest BCUT2D eigenvalue weighted by Gasteiger charge is -2.02. The van der Waals surface area contributed by atoms with Crippen molar-refractivity contribution in [2.75, 3.05) is 0 Å². The Morgan fingerprint density at radius 2 is 2.38 bits per heavy atom. The summed E-state index contributed by atoms with van der Waals surface area (Å²) >= 11 is 0. The van der Waals surface area contributed by atoms with Crippen LogP contribution in [0.1, 0.15) is 12.6 Å². The molecule has 0 radical (unpaired) electrons. The third-order valence-corrected chi connectivity index (χ3v) is 2.00. The van der Waals surface area contributed by atoms with E-state index in [4.69, 9.17) is 0 Å². The number of aliphatic hydroxyl groups is 1. The fourth-order valence-electron chi connectivity index (χ4n) is 1.44. The van der Waals surface area contributed by atoms with Crippen LogP contribution in [0, 0.1) is 0 Å². The van der Waals surface area contributed by atoms with Gasteiger partial charge in [0, 0.05) is 24.5 Å². The number of nitrogens with zero attached hydrogens (tertiary/aromatic N) is 2. The van der Waals surface area contributed by atoms with Crippen molar-refractivity contribution in [2.45, 2.75) is 19.4 Å². The van der Waals surface area contributed by atoms with E-state index in [0.717, 1.165) is 11.3 Å². The minimum Gasteiger partial charge on any atom is -0.393 e. The molecular weight excluding hydrogens is 164 g/mol. The molecule has 2 heterocycles. The predicted octanol–water partition coefficient (Wildman–Crippen LogP) is 1.26. The first-order valence-electron chi connectivity index (χ1n) is 4.36. The quantitative estimate of drug-likeness (QED) is 0.748. The number of rotatable bonds is 2. The number of hydrogen-bond acceptors (Lipinski definition) is 2. The lowest BCUT2D eigenvalue weighted by Crippen LogP contribution is -2.06. The molecule has 0 amide bonds. The summed E-state index contributed by atoms with van der Waals surface area (Å²) in [5, 5.41) is 9.24. The fraction of sp³-hybridized carbons (Fsp3) is 0.300. The highest BCUT2D eigenvalue weighted by molar-refractivity contribution is 5.39. The van der Waals surface area contributed by atoms with E-state index in [9.17, 15) is 5.11 Å². The van der Waals surface area contributed by atoms with Gasteiger partial charge in [-0.3, -0.25) is 0 Å². The number of aromatic nitrogens is 2. The van der Waals surface area contributed by atoms with Crippen LogP contribution >= 0.6 is 0 Å². The molecule has 0 saturated heterocycles. The lowest BCUT2D eigenvalue weighted by molar-refractivity contribution is 0.194. The van der Waals surface area contributed by atoms with Crippen LogP contribution in [-0.4, -0.2) is 20.6 Å². The minimum atomic E-state index is -0.319. The molecule has 0 bridgehead atoms. The standard InChI is InChI=1S/C10H12N2O/c1-8(13)6-9-7-11-10-4-2-3-5-12(9)10/h2-5,7-8,13H,6H2,1H3/t8-/m0/s1. The van der Waals surface area contributed by atoms with Gasteiger partial charge in [0.2, 0.25) is 0 Å². The predicted molar refractivity (Wildman–Crippen MR) is 50.6 cm³/mol. The first-order valence-corrected chi connectivity index (χ1v) is 4.36. The van der Waals surface area contributed by atoms with Gasteiger partial charge in [-0.1, -0.05) is 6.07 Å². The summed E-state index contributed by atoms with van der Waals surface area (Å²) in [7, 11) is 0. The molecule has 68 valence electrons. The Kier molecular flexibility index (Phi) is 2.02. The molecule has 3 heteroatoms. The molecule has 2 aromatic heterocycles. The summed E-state index contributed by atoms with van der Waals surface area (Å²) < 4.78 is 1.99. The van der Waals surface area contributed by atoms with Gasteiger partial charge in [0.05, 0.1) is 6.10 Å². The zero-order chi connectivity index (χ0) is 9.26. The highest BCUT2D eigenvalue weighted by Gasteiger charge is 2.04. The van der Waals surface area contributed by atoms with E-state index in [-0.39, 0.29) is 6.10 Å². The zero-order valence-electron chi connectivity index (χ0n) is 7.51. The van der Waals surface area contributed by atoms with Crippen LogP contribution in [0.3, 0.4) is 0 Å². The van der Waals surface area contributed by atoms with Crippen molar-refractivity contribution < 1.29 is 5.11 Å². The van der Waals surface area contributed by atoms with E-state index < -0.39 is 0 Å². The van der Waals surface area contributed by atoms with Crippen molar-refractivity contribution in [2.24, 2.45) is 0 Å². The Hall–Kier alpha value is -1.35. The zero-order valence-corrected chi connectivity index (χ0v) is 7.51. The average Bonchev–Trinajstić information content (AvgIpc) is 2.48. The van der Waals surface area contributed by atoms with Gasteiger partial charge in [-0.25, -0.2) is 4.98 Å². The number of aliphatic hydroxyl groups excluding tert-OH is 1. The van der Waals surface area contributed by atoms with Gasteiger partial charge in [0.1, 0.15) is 5.65 Å². The van der Waals surface area contributed by atoms with E-state index in [2.05, 4.69) is 4.98 Å². The highest BCUT2D eigenvalue weighted by atomic mass is 16.3. The van der Waals surface area contributed by atoms with Gasteiger partial charge in [-0.05, 0) is 19.1 Å². The van der Waals surface area contributed by atoms with Crippen LogP contribution < -0.4 is 0 Å². The third-order valence-electron chi connectivity index (χ3n) is 2.00. The second-order valence-electron chi connectivity index (χ2n) is 3.23. The molecule has 1 atom stereocenters. The third kappa shape index (κ3) is 1.55. The molecule has 0 aromatic carbocycles. The van der Waals surface area contributed by atoms with E-state index in [1.807, 2.05) is 35.0 Å². The molecule has 0 aliphatic rings. The van der Waals surface area contributed by atoms with Crippen molar-refractivity contribution in [3.8, 4) is 0 Å². The van der Waals surface area contributed by atoms with Crippen LogP contribution in [0.4, 0.5) is 0 Å². The van der Waals surface area contributed by atoms with Crippen LogP contribution in [0.2, 0.25) is 0 Å². The van der Waals surface area contributed by atoms with E-state index in [0.29, 0.717) is 6.42 Å². The van der Waals surface area contributed by atoms with Gasteiger partial charge in [-0.2, -0.15) is 0 Å². The fourth-order valence-corrected chi connectivity index (χ4v) is 1.44. The number of pyridine rings is 1. The molecule has 13 heavy (non-hydrogen) atoms. The normalized spacial score (nSPS) is 13.4. The van der Waals surface area contributed by atoms with E-state index in [1.54, 1.807) is 6.92 Å². The first-order chi connectivity index (χ1) is 6.27. The Bertz CT molecular complexity index is 406. The topological polar surface area (TPSA) is 37.5 Å². The summed E-state index contributed by atoms with van der Waals surface area (Å²) in [5.41, 5.74) is 1.98. The van der Waals surface area contributed by atoms with Crippen molar-refractivity contribution in [3.63, 3.8) is 0 Å². The van der Waals surface area contributed by atoms with Gasteiger partial charge >= 0.3 is 0 Å². The van der Waals surface area contributed by atoms with Crippen molar-refractivity contribution in [1.82, 2.24) is 9.38 Å². The average molecular weight is 176 g/mol. The number of hydrogen-bond donors (Lipinski definition) is 1. The SMILES string of the molecule is C[C@H](O)Cc1cnc2ccccn12. The molecule has 3 nitrogen and oxygen atoms in total. The Balaban J connectivity index is 2.46. The molecule has 2 rings (SSSR count). The summed E-state index contributed by atoms with van der Waals surface area (Å²) in [6, 6.07) is 5.86. The van der Waals surface area contributed by atoms with Crippen LogP contribution in [0.15, 0.2) is 30.6 Å². The van der Waals surface area contributed by atoms with Gasteiger partial charge in [-0.15, -0.1) is 0 Å². The molecule has 0 spiro atoms. The molecule has 0 saturated carbocycles. The maximum atomic E-state index is 9.24. The maximum absolute atomic E-state index is 9.24. The first kappa shape index (κ1) is 8.26. The van der Waals surface area contributed by atoms with Crippen LogP contribution in [0.25, 0.3) is 5.65 Å². The summed E-state index contributed by atoms with van der Waals surface area (Å²) in [4.78, 5) is 4.22. The highest BCUT2D eigenvalue weighted by Crippen LogP contribution is 2.07.